The molecule has 36 heavy (non-hydrogen) atoms. The fourth-order valence-electron chi connectivity index (χ4n) is 5.51. The Balaban J connectivity index is 1.21. The fraction of sp³-hybridized carbons (Fsp3) is 0.538. The van der Waals surface area contributed by atoms with E-state index in [1.165, 1.54) is 25.7 Å². The largest absolute Gasteiger partial charge is 0.344 e. The van der Waals surface area contributed by atoms with Gasteiger partial charge in [0.1, 0.15) is 22.9 Å². The predicted molar refractivity (Wildman–Crippen MR) is 132 cm³/mol. The molecule has 2 saturated carbocycles. The first-order chi connectivity index (χ1) is 17.6. The normalized spacial score (nSPS) is 19.9. The van der Waals surface area contributed by atoms with Gasteiger partial charge in [0.05, 0.1) is 24.2 Å². The topological polar surface area (TPSA) is 133 Å². The number of nitrogens with zero attached hydrogens (tertiary/aromatic N) is 6. The van der Waals surface area contributed by atoms with Crippen molar-refractivity contribution in [2.75, 3.05) is 13.1 Å². The van der Waals surface area contributed by atoms with Gasteiger partial charge in [0.15, 0.2) is 5.65 Å². The van der Waals surface area contributed by atoms with Gasteiger partial charge in [-0.15, -0.1) is 0 Å². The Morgan fingerprint density at radius 2 is 1.86 bits per heavy atom. The van der Waals surface area contributed by atoms with Crippen molar-refractivity contribution in [2.45, 2.75) is 63.5 Å². The maximum absolute atomic E-state index is 13.3. The standard InChI is InChI=1S/C26H30N8O2/c27-11-16-7-9-33(10-8-16)26(36)22(17-5-6-17)32-25(35)19-12-28-24-23(19)31-20(13-29-24)21-14-34(15-30-21)18-3-1-2-4-18/h12-18,22H,1-10H2,(H,28,29)(H,32,35). The third kappa shape index (κ3) is 4.34. The Bertz CT molecular complexity index is 1320. The van der Waals surface area contributed by atoms with Crippen LogP contribution in [0.2, 0.25) is 0 Å². The van der Waals surface area contributed by atoms with E-state index < -0.39 is 6.04 Å². The van der Waals surface area contributed by atoms with Gasteiger partial charge in [-0.3, -0.25) is 9.59 Å². The average Bonchev–Trinajstić information content (AvgIpc) is 3.30. The van der Waals surface area contributed by atoms with Gasteiger partial charge in [0.2, 0.25) is 5.91 Å². The maximum atomic E-state index is 13.3. The molecule has 2 amide bonds. The molecule has 1 saturated heterocycles. The molecule has 2 aliphatic carbocycles. The predicted octanol–water partition coefficient (Wildman–Crippen LogP) is 3.21. The Morgan fingerprint density at radius 3 is 2.58 bits per heavy atom. The minimum absolute atomic E-state index is 0.00608. The number of rotatable bonds is 6. The molecule has 1 aliphatic heterocycles. The quantitative estimate of drug-likeness (QED) is 0.550. The summed E-state index contributed by atoms with van der Waals surface area (Å²) in [7, 11) is 0. The van der Waals surface area contributed by atoms with Crippen molar-refractivity contribution in [1.29, 1.82) is 5.26 Å². The van der Waals surface area contributed by atoms with Gasteiger partial charge in [0, 0.05) is 37.4 Å². The summed E-state index contributed by atoms with van der Waals surface area (Å²) in [5, 5.41) is 12.1. The number of amides is 2. The highest BCUT2D eigenvalue weighted by molar-refractivity contribution is 6.06. The number of fused-ring (bicyclic) bond motifs is 1. The van der Waals surface area contributed by atoms with Crippen LogP contribution in [0.4, 0.5) is 0 Å². The molecule has 186 valence electrons. The summed E-state index contributed by atoms with van der Waals surface area (Å²) in [6.07, 6.45) is 15.2. The van der Waals surface area contributed by atoms with Crippen molar-refractivity contribution < 1.29 is 9.59 Å². The van der Waals surface area contributed by atoms with Crippen molar-refractivity contribution in [2.24, 2.45) is 11.8 Å². The molecule has 3 aromatic heterocycles. The second-order valence-corrected chi connectivity index (χ2v) is 10.3. The molecule has 0 bridgehead atoms. The maximum Gasteiger partial charge on any atom is 0.255 e. The van der Waals surface area contributed by atoms with Gasteiger partial charge in [0.25, 0.3) is 5.91 Å². The van der Waals surface area contributed by atoms with Gasteiger partial charge in [-0.05, 0) is 44.4 Å². The van der Waals surface area contributed by atoms with Gasteiger partial charge < -0.3 is 19.8 Å². The molecule has 6 rings (SSSR count). The second kappa shape index (κ2) is 9.37. The number of imidazole rings is 1. The van der Waals surface area contributed by atoms with E-state index in [0.29, 0.717) is 54.4 Å². The molecule has 4 heterocycles. The summed E-state index contributed by atoms with van der Waals surface area (Å²) >= 11 is 0. The van der Waals surface area contributed by atoms with E-state index >= 15 is 0 Å². The molecule has 3 fully saturated rings. The molecule has 3 aromatic rings. The monoisotopic (exact) mass is 486 g/mol. The smallest absolute Gasteiger partial charge is 0.255 e. The van der Waals surface area contributed by atoms with Crippen LogP contribution in [0.25, 0.3) is 22.6 Å². The summed E-state index contributed by atoms with van der Waals surface area (Å²) in [5.41, 5.74) is 2.71. The summed E-state index contributed by atoms with van der Waals surface area (Å²) in [6.45, 7) is 1.12. The molecule has 3 aliphatic rings. The van der Waals surface area contributed by atoms with Crippen molar-refractivity contribution >= 4 is 23.0 Å². The number of H-pyrrole nitrogens is 1. The number of nitriles is 1. The Labute approximate surface area is 209 Å². The zero-order chi connectivity index (χ0) is 24.6. The van der Waals surface area contributed by atoms with E-state index in [1.807, 2.05) is 12.5 Å². The molecule has 0 radical (unpaired) electrons. The van der Waals surface area contributed by atoms with Crippen molar-refractivity contribution in [3.63, 3.8) is 0 Å². The number of hydrogen-bond donors (Lipinski definition) is 2. The van der Waals surface area contributed by atoms with E-state index in [-0.39, 0.29) is 23.7 Å². The summed E-state index contributed by atoms with van der Waals surface area (Å²) in [4.78, 5) is 45.2. The first-order valence-electron chi connectivity index (χ1n) is 13.0. The van der Waals surface area contributed by atoms with E-state index in [0.717, 1.165) is 18.5 Å². The second-order valence-electron chi connectivity index (χ2n) is 10.3. The molecular weight excluding hydrogens is 456 g/mol. The average molecular weight is 487 g/mol. The lowest BCUT2D eigenvalue weighted by molar-refractivity contribution is -0.135. The van der Waals surface area contributed by atoms with Crippen LogP contribution in [0, 0.1) is 23.2 Å². The lowest BCUT2D eigenvalue weighted by Crippen LogP contribution is -2.51. The van der Waals surface area contributed by atoms with Crippen molar-refractivity contribution in [1.82, 2.24) is 34.7 Å². The number of likely N-dealkylation sites (tertiary alicyclic amines) is 1. The van der Waals surface area contributed by atoms with E-state index in [2.05, 4.69) is 30.9 Å². The highest BCUT2D eigenvalue weighted by atomic mass is 16.2. The fourth-order valence-corrected chi connectivity index (χ4v) is 5.51. The molecule has 1 unspecified atom stereocenters. The first kappa shape index (κ1) is 22.7. The highest BCUT2D eigenvalue weighted by Crippen LogP contribution is 2.35. The third-order valence-corrected chi connectivity index (χ3v) is 7.87. The Hall–Kier alpha value is -3.74. The summed E-state index contributed by atoms with van der Waals surface area (Å²) < 4.78 is 2.16. The van der Waals surface area contributed by atoms with Crippen LogP contribution in [0.1, 0.15) is 67.8 Å². The number of aromatic nitrogens is 5. The molecule has 0 spiro atoms. The van der Waals surface area contributed by atoms with Gasteiger partial charge >= 0.3 is 0 Å². The van der Waals surface area contributed by atoms with Crippen LogP contribution in [0.3, 0.4) is 0 Å². The number of piperidine rings is 1. The SMILES string of the molecule is N#CC1CCN(C(=O)C(NC(=O)c2c[nH]c3ncc(-c4cn(C5CCCC5)cn4)nc23)C2CC2)CC1. The highest BCUT2D eigenvalue weighted by Gasteiger charge is 2.40. The lowest BCUT2D eigenvalue weighted by atomic mass is 9.97. The zero-order valence-corrected chi connectivity index (χ0v) is 20.2. The third-order valence-electron chi connectivity index (χ3n) is 7.87. The minimum atomic E-state index is -0.556. The molecule has 2 N–H and O–H groups in total. The van der Waals surface area contributed by atoms with Gasteiger partial charge in [-0.1, -0.05) is 12.8 Å². The molecule has 10 heteroatoms. The number of hydrogen-bond acceptors (Lipinski definition) is 6. The van der Waals surface area contributed by atoms with E-state index in [4.69, 9.17) is 10.2 Å². The molecule has 10 nitrogen and oxygen atoms in total. The van der Waals surface area contributed by atoms with E-state index in [9.17, 15) is 9.59 Å². The first-order valence-corrected chi connectivity index (χ1v) is 13.0. The van der Waals surface area contributed by atoms with Gasteiger partial charge in [-0.25, -0.2) is 15.0 Å². The van der Waals surface area contributed by atoms with Crippen LogP contribution in [-0.2, 0) is 4.79 Å². The summed E-state index contributed by atoms with van der Waals surface area (Å²) in [6, 6.07) is 2.23. The lowest BCUT2D eigenvalue weighted by Gasteiger charge is -2.32. The number of carbonyl (C=O) groups excluding carboxylic acids is 2. The summed E-state index contributed by atoms with van der Waals surface area (Å²) in [5.74, 6) is -0.222. The molecule has 1 atom stereocenters. The van der Waals surface area contributed by atoms with Crippen LogP contribution >= 0.6 is 0 Å². The van der Waals surface area contributed by atoms with Crippen LogP contribution in [-0.4, -0.2) is 60.3 Å². The van der Waals surface area contributed by atoms with Crippen molar-refractivity contribution in [3.05, 3.63) is 30.5 Å². The Kier molecular flexibility index (Phi) is 5.91. The van der Waals surface area contributed by atoms with Gasteiger partial charge in [-0.2, -0.15) is 5.26 Å². The van der Waals surface area contributed by atoms with Crippen LogP contribution in [0.5, 0.6) is 0 Å². The minimum Gasteiger partial charge on any atom is -0.344 e. The molecule has 0 aromatic carbocycles. The van der Waals surface area contributed by atoms with E-state index in [1.54, 1.807) is 17.3 Å². The van der Waals surface area contributed by atoms with Crippen molar-refractivity contribution in [3.8, 4) is 17.5 Å². The van der Waals surface area contributed by atoms with Crippen LogP contribution in [0.15, 0.2) is 24.9 Å². The number of aromatic amines is 1. The molecular formula is C26H30N8O2. The number of carbonyl (C=O) groups is 2. The Morgan fingerprint density at radius 1 is 1.08 bits per heavy atom. The zero-order valence-electron chi connectivity index (χ0n) is 20.2. The van der Waals surface area contributed by atoms with Crippen LogP contribution < -0.4 is 5.32 Å². The number of nitrogens with one attached hydrogen (secondary N) is 2.